The third-order valence-corrected chi connectivity index (χ3v) is 4.82. The Kier molecular flexibility index (Phi) is 5.91. The molecule has 3 rings (SSSR count). The molecule has 2 N–H and O–H groups in total. The summed E-state index contributed by atoms with van der Waals surface area (Å²) in [4.78, 5) is 36.2. The summed E-state index contributed by atoms with van der Waals surface area (Å²) in [6.45, 7) is 7.34. The van der Waals surface area contributed by atoms with Crippen LogP contribution in [0.2, 0.25) is 0 Å². The zero-order valence-electron chi connectivity index (χ0n) is 16.2. The molecule has 0 spiro atoms. The van der Waals surface area contributed by atoms with Crippen LogP contribution in [0.15, 0.2) is 35.1 Å². The van der Waals surface area contributed by atoms with Gasteiger partial charge >= 0.3 is 0 Å². The number of likely N-dealkylation sites (N-methyl/N-ethyl adjacent to an activating group) is 1. The first-order valence-electron chi connectivity index (χ1n) is 9.30. The highest BCUT2D eigenvalue weighted by molar-refractivity contribution is 5.79. The topological polar surface area (TPSA) is 81.3 Å². The van der Waals surface area contributed by atoms with Gasteiger partial charge in [0.1, 0.15) is 0 Å². The fourth-order valence-corrected chi connectivity index (χ4v) is 3.23. The number of piperazine rings is 1. The van der Waals surface area contributed by atoms with Crippen LogP contribution >= 0.6 is 0 Å². The third-order valence-electron chi connectivity index (χ3n) is 4.82. The number of rotatable bonds is 5. The van der Waals surface area contributed by atoms with Crippen LogP contribution in [0, 0.1) is 6.92 Å². The summed E-state index contributed by atoms with van der Waals surface area (Å²) in [6.07, 6.45) is 0.306. The molecular formula is C20H27N5O2. The molecule has 0 radical (unpaired) electrons. The van der Waals surface area contributed by atoms with Crippen LogP contribution in [0.1, 0.15) is 29.8 Å². The summed E-state index contributed by atoms with van der Waals surface area (Å²) in [5, 5.41) is 2.95. The number of anilines is 1. The summed E-state index contributed by atoms with van der Waals surface area (Å²) >= 11 is 0. The summed E-state index contributed by atoms with van der Waals surface area (Å²) in [6, 6.07) is 9.01. The molecule has 2 heterocycles. The van der Waals surface area contributed by atoms with Crippen molar-refractivity contribution in [2.45, 2.75) is 26.3 Å². The average Bonchev–Trinajstić information content (AvgIpc) is 2.61. The van der Waals surface area contributed by atoms with E-state index in [1.54, 1.807) is 0 Å². The van der Waals surface area contributed by atoms with Crippen molar-refractivity contribution in [3.05, 3.63) is 57.5 Å². The van der Waals surface area contributed by atoms with Gasteiger partial charge in [-0.15, -0.1) is 0 Å². The lowest BCUT2D eigenvalue weighted by Gasteiger charge is -2.32. The second kappa shape index (κ2) is 8.35. The molecule has 1 fully saturated rings. The summed E-state index contributed by atoms with van der Waals surface area (Å²) in [7, 11) is 2.08. The number of aryl methyl sites for hydroxylation is 1. The molecule has 0 saturated carbocycles. The van der Waals surface area contributed by atoms with Crippen LogP contribution in [-0.2, 0) is 11.2 Å². The van der Waals surface area contributed by atoms with Crippen LogP contribution in [-0.4, -0.2) is 54.0 Å². The van der Waals surface area contributed by atoms with Crippen molar-refractivity contribution >= 4 is 11.9 Å². The van der Waals surface area contributed by atoms with E-state index < -0.39 is 0 Å². The largest absolute Gasteiger partial charge is 0.348 e. The third kappa shape index (κ3) is 5.17. The molecule has 0 bridgehead atoms. The standard InChI is InChI=1S/C20H27N5O2/c1-14-5-4-6-16(11-14)12-18(26)21-15(2)17-13-19(27)23-20(22-17)25-9-7-24(3)8-10-25/h4-6,11,13,15H,7-10,12H2,1-3H3,(H,21,26)(H,22,23,27). The smallest absolute Gasteiger partial charge is 0.252 e. The number of nitrogens with zero attached hydrogens (tertiary/aromatic N) is 3. The Hall–Kier alpha value is -2.67. The molecular weight excluding hydrogens is 342 g/mol. The Morgan fingerprint density at radius 2 is 2.00 bits per heavy atom. The van der Waals surface area contributed by atoms with Crippen LogP contribution in [0.4, 0.5) is 5.95 Å². The molecule has 1 aliphatic heterocycles. The highest BCUT2D eigenvalue weighted by Crippen LogP contribution is 2.14. The van der Waals surface area contributed by atoms with E-state index in [1.807, 2.05) is 38.1 Å². The molecule has 1 atom stereocenters. The van der Waals surface area contributed by atoms with E-state index in [9.17, 15) is 9.59 Å². The number of carbonyl (C=O) groups is 1. The van der Waals surface area contributed by atoms with Gasteiger partial charge in [0, 0.05) is 32.2 Å². The molecule has 7 heteroatoms. The number of carbonyl (C=O) groups excluding carboxylic acids is 1. The quantitative estimate of drug-likeness (QED) is 0.829. The Morgan fingerprint density at radius 3 is 2.70 bits per heavy atom. The second-order valence-corrected chi connectivity index (χ2v) is 7.24. The van der Waals surface area contributed by atoms with E-state index >= 15 is 0 Å². The first kappa shape index (κ1) is 19.1. The monoisotopic (exact) mass is 369 g/mol. The highest BCUT2D eigenvalue weighted by Gasteiger charge is 2.19. The van der Waals surface area contributed by atoms with Crippen LogP contribution in [0.5, 0.6) is 0 Å². The second-order valence-electron chi connectivity index (χ2n) is 7.24. The predicted molar refractivity (Wildman–Crippen MR) is 106 cm³/mol. The molecule has 0 aliphatic carbocycles. The highest BCUT2D eigenvalue weighted by atomic mass is 16.1. The number of hydrogen-bond donors (Lipinski definition) is 2. The zero-order chi connectivity index (χ0) is 19.4. The molecule has 1 aliphatic rings. The normalized spacial score (nSPS) is 16.2. The van der Waals surface area contributed by atoms with E-state index in [2.05, 4.69) is 32.1 Å². The van der Waals surface area contributed by atoms with Gasteiger partial charge < -0.3 is 15.1 Å². The zero-order valence-corrected chi connectivity index (χ0v) is 16.2. The first-order chi connectivity index (χ1) is 12.9. The Morgan fingerprint density at radius 1 is 1.26 bits per heavy atom. The van der Waals surface area contributed by atoms with Gasteiger partial charge in [-0.3, -0.25) is 14.6 Å². The number of aromatic nitrogens is 2. The molecule has 7 nitrogen and oxygen atoms in total. The Bertz CT molecular complexity index is 855. The van der Waals surface area contributed by atoms with E-state index in [4.69, 9.17) is 0 Å². The van der Waals surface area contributed by atoms with Gasteiger partial charge in [0.2, 0.25) is 11.9 Å². The fourth-order valence-electron chi connectivity index (χ4n) is 3.23. The number of aromatic amines is 1. The van der Waals surface area contributed by atoms with Crippen molar-refractivity contribution in [3.8, 4) is 0 Å². The lowest BCUT2D eigenvalue weighted by Crippen LogP contribution is -2.45. The van der Waals surface area contributed by atoms with E-state index in [0.717, 1.165) is 37.3 Å². The average molecular weight is 369 g/mol. The van der Waals surface area contributed by atoms with Crippen molar-refractivity contribution in [1.29, 1.82) is 0 Å². The van der Waals surface area contributed by atoms with Gasteiger partial charge in [-0.2, -0.15) is 0 Å². The minimum atomic E-state index is -0.337. The Balaban J connectivity index is 1.68. The van der Waals surface area contributed by atoms with Gasteiger partial charge in [0.25, 0.3) is 5.56 Å². The minimum Gasteiger partial charge on any atom is -0.348 e. The van der Waals surface area contributed by atoms with Gasteiger partial charge in [0.15, 0.2) is 0 Å². The molecule has 2 aromatic rings. The maximum atomic E-state index is 12.4. The van der Waals surface area contributed by atoms with Crippen molar-refractivity contribution < 1.29 is 4.79 Å². The summed E-state index contributed by atoms with van der Waals surface area (Å²) in [5.74, 6) is 0.488. The number of benzene rings is 1. The van der Waals surface area contributed by atoms with Crippen LogP contribution in [0.25, 0.3) is 0 Å². The first-order valence-corrected chi connectivity index (χ1v) is 9.30. The molecule has 27 heavy (non-hydrogen) atoms. The van der Waals surface area contributed by atoms with E-state index in [0.29, 0.717) is 18.1 Å². The lowest BCUT2D eigenvalue weighted by atomic mass is 10.1. The van der Waals surface area contributed by atoms with Gasteiger partial charge in [-0.25, -0.2) is 4.98 Å². The molecule has 1 unspecified atom stereocenters. The maximum Gasteiger partial charge on any atom is 0.252 e. The summed E-state index contributed by atoms with van der Waals surface area (Å²) < 4.78 is 0. The van der Waals surface area contributed by atoms with Crippen LogP contribution in [0.3, 0.4) is 0 Å². The Labute approximate surface area is 159 Å². The fraction of sp³-hybridized carbons (Fsp3) is 0.450. The van der Waals surface area contributed by atoms with Crippen molar-refractivity contribution in [1.82, 2.24) is 20.2 Å². The lowest BCUT2D eigenvalue weighted by molar-refractivity contribution is -0.121. The number of amides is 1. The molecule has 1 aromatic carbocycles. The summed E-state index contributed by atoms with van der Waals surface area (Å²) in [5.41, 5.74) is 2.47. The number of hydrogen-bond acceptors (Lipinski definition) is 5. The molecule has 1 saturated heterocycles. The maximum absolute atomic E-state index is 12.4. The van der Waals surface area contributed by atoms with Gasteiger partial charge in [0.05, 0.1) is 18.2 Å². The van der Waals surface area contributed by atoms with Crippen molar-refractivity contribution in [2.75, 3.05) is 38.1 Å². The molecule has 144 valence electrons. The molecule has 1 amide bonds. The number of H-pyrrole nitrogens is 1. The minimum absolute atomic E-state index is 0.0867. The van der Waals surface area contributed by atoms with Crippen molar-refractivity contribution in [2.24, 2.45) is 0 Å². The van der Waals surface area contributed by atoms with Crippen LogP contribution < -0.4 is 15.8 Å². The van der Waals surface area contributed by atoms with E-state index in [-0.39, 0.29) is 17.5 Å². The van der Waals surface area contributed by atoms with Gasteiger partial charge in [-0.1, -0.05) is 29.8 Å². The number of nitrogens with one attached hydrogen (secondary N) is 2. The predicted octanol–water partition coefficient (Wildman–Crippen LogP) is 1.25. The van der Waals surface area contributed by atoms with Crippen molar-refractivity contribution in [3.63, 3.8) is 0 Å². The molecule has 1 aromatic heterocycles. The van der Waals surface area contributed by atoms with E-state index in [1.165, 1.54) is 6.07 Å². The SMILES string of the molecule is Cc1cccc(CC(=O)NC(C)c2cc(=O)[nH]c(N3CCN(C)CC3)n2)c1. The van der Waals surface area contributed by atoms with Gasteiger partial charge in [-0.05, 0) is 26.5 Å².